The maximum atomic E-state index is 12.9. The molecule has 0 atom stereocenters. The summed E-state index contributed by atoms with van der Waals surface area (Å²) in [6.07, 6.45) is 2.02. The van der Waals surface area contributed by atoms with Gasteiger partial charge in [0.2, 0.25) is 5.60 Å². The molecule has 0 N–H and O–H groups in total. The van der Waals surface area contributed by atoms with Crippen molar-refractivity contribution in [2.24, 2.45) is 5.92 Å². The second-order valence-electron chi connectivity index (χ2n) is 5.90. The standard InChI is InChI=1S/C21H26O3/c1-4-17(5-2)16-24-21(20(22)23-3,18-12-8-6-9-13-18)19-14-10-7-11-15-19/h6-15,17H,4-5,16H2,1-3H3. The molecule has 0 aromatic heterocycles. The molecule has 0 radical (unpaired) electrons. The molecule has 0 bridgehead atoms. The van der Waals surface area contributed by atoms with Crippen molar-refractivity contribution in [1.82, 2.24) is 0 Å². The van der Waals surface area contributed by atoms with E-state index < -0.39 is 11.6 Å². The molecule has 0 saturated heterocycles. The van der Waals surface area contributed by atoms with Gasteiger partial charge in [-0.05, 0) is 17.0 Å². The average molecular weight is 326 g/mol. The van der Waals surface area contributed by atoms with Gasteiger partial charge in [-0.25, -0.2) is 4.79 Å². The summed E-state index contributed by atoms with van der Waals surface area (Å²) in [5.74, 6) is 0.00677. The zero-order valence-electron chi connectivity index (χ0n) is 14.7. The van der Waals surface area contributed by atoms with Gasteiger partial charge < -0.3 is 9.47 Å². The Hall–Kier alpha value is -2.13. The van der Waals surface area contributed by atoms with Gasteiger partial charge in [0.15, 0.2) is 0 Å². The molecule has 24 heavy (non-hydrogen) atoms. The highest BCUT2D eigenvalue weighted by Crippen LogP contribution is 2.36. The van der Waals surface area contributed by atoms with Crippen molar-refractivity contribution in [3.8, 4) is 0 Å². The Bertz CT molecular complexity index is 579. The molecule has 0 amide bonds. The Labute approximate surface area is 144 Å². The van der Waals surface area contributed by atoms with E-state index in [9.17, 15) is 4.79 Å². The van der Waals surface area contributed by atoms with Crippen LogP contribution in [-0.2, 0) is 19.9 Å². The van der Waals surface area contributed by atoms with Gasteiger partial charge in [-0.2, -0.15) is 0 Å². The molecular formula is C21H26O3. The summed E-state index contributed by atoms with van der Waals surface area (Å²) in [5, 5.41) is 0. The molecule has 2 rings (SSSR count). The lowest BCUT2D eigenvalue weighted by Crippen LogP contribution is -2.42. The zero-order chi connectivity index (χ0) is 17.4. The number of carbonyl (C=O) groups is 1. The van der Waals surface area contributed by atoms with Gasteiger partial charge in [0.05, 0.1) is 13.7 Å². The first-order valence-electron chi connectivity index (χ1n) is 8.52. The lowest BCUT2D eigenvalue weighted by Gasteiger charge is -2.33. The molecule has 0 unspecified atom stereocenters. The summed E-state index contributed by atoms with van der Waals surface area (Å²) in [6, 6.07) is 19.2. The van der Waals surface area contributed by atoms with Crippen LogP contribution in [0, 0.1) is 5.92 Å². The van der Waals surface area contributed by atoms with Crippen molar-refractivity contribution in [2.45, 2.75) is 32.3 Å². The predicted molar refractivity (Wildman–Crippen MR) is 95.7 cm³/mol. The average Bonchev–Trinajstić information content (AvgIpc) is 2.66. The normalized spacial score (nSPS) is 11.5. The second-order valence-corrected chi connectivity index (χ2v) is 5.90. The van der Waals surface area contributed by atoms with Crippen molar-refractivity contribution in [3.63, 3.8) is 0 Å². The van der Waals surface area contributed by atoms with Gasteiger partial charge in [0.1, 0.15) is 0 Å². The van der Waals surface area contributed by atoms with Gasteiger partial charge in [-0.3, -0.25) is 0 Å². The number of carbonyl (C=O) groups excluding carboxylic acids is 1. The van der Waals surface area contributed by atoms with Crippen molar-refractivity contribution >= 4 is 5.97 Å². The molecule has 128 valence electrons. The monoisotopic (exact) mass is 326 g/mol. The van der Waals surface area contributed by atoms with E-state index in [0.29, 0.717) is 12.5 Å². The maximum Gasteiger partial charge on any atom is 0.347 e. The van der Waals surface area contributed by atoms with Crippen molar-refractivity contribution in [1.29, 1.82) is 0 Å². The Balaban J connectivity index is 2.54. The van der Waals surface area contributed by atoms with Crippen LogP contribution in [0.4, 0.5) is 0 Å². The summed E-state index contributed by atoms with van der Waals surface area (Å²) in [6.45, 7) is 4.79. The fourth-order valence-corrected chi connectivity index (χ4v) is 2.88. The van der Waals surface area contributed by atoms with E-state index in [4.69, 9.17) is 9.47 Å². The van der Waals surface area contributed by atoms with E-state index in [0.717, 1.165) is 24.0 Å². The first-order valence-corrected chi connectivity index (χ1v) is 8.52. The first-order chi connectivity index (χ1) is 11.7. The van der Waals surface area contributed by atoms with Crippen LogP contribution in [0.2, 0.25) is 0 Å². The Morgan fingerprint density at radius 3 is 1.75 bits per heavy atom. The van der Waals surface area contributed by atoms with E-state index in [2.05, 4.69) is 13.8 Å². The molecule has 0 aliphatic heterocycles. The highest BCUT2D eigenvalue weighted by Gasteiger charge is 2.45. The molecule has 0 aliphatic carbocycles. The molecule has 0 fully saturated rings. The van der Waals surface area contributed by atoms with Crippen molar-refractivity contribution in [2.75, 3.05) is 13.7 Å². The molecular weight excluding hydrogens is 300 g/mol. The number of benzene rings is 2. The minimum absolute atomic E-state index is 0.397. The highest BCUT2D eigenvalue weighted by molar-refractivity contribution is 5.85. The third kappa shape index (κ3) is 3.68. The van der Waals surface area contributed by atoms with Crippen LogP contribution < -0.4 is 0 Å². The largest absolute Gasteiger partial charge is 0.466 e. The smallest absolute Gasteiger partial charge is 0.347 e. The molecule has 2 aromatic rings. The third-order valence-corrected chi connectivity index (χ3v) is 4.52. The van der Waals surface area contributed by atoms with Gasteiger partial charge in [-0.1, -0.05) is 87.4 Å². The SMILES string of the molecule is CCC(CC)COC(C(=O)OC)(c1ccccc1)c1ccccc1. The second kappa shape index (κ2) is 8.65. The summed E-state index contributed by atoms with van der Waals surface area (Å²) in [4.78, 5) is 12.9. The summed E-state index contributed by atoms with van der Waals surface area (Å²) in [7, 11) is 1.41. The van der Waals surface area contributed by atoms with Crippen LogP contribution in [0.3, 0.4) is 0 Å². The molecule has 0 aliphatic rings. The molecule has 2 aromatic carbocycles. The Morgan fingerprint density at radius 2 is 1.38 bits per heavy atom. The topological polar surface area (TPSA) is 35.5 Å². The predicted octanol–water partition coefficient (Wildman–Crippen LogP) is 4.56. The number of esters is 1. The van der Waals surface area contributed by atoms with E-state index in [1.54, 1.807) is 0 Å². The van der Waals surface area contributed by atoms with Crippen LogP contribution >= 0.6 is 0 Å². The van der Waals surface area contributed by atoms with E-state index >= 15 is 0 Å². The van der Waals surface area contributed by atoms with Crippen LogP contribution in [0.1, 0.15) is 37.8 Å². The fourth-order valence-electron chi connectivity index (χ4n) is 2.88. The fraction of sp³-hybridized carbons (Fsp3) is 0.381. The summed E-state index contributed by atoms with van der Waals surface area (Å²) >= 11 is 0. The lowest BCUT2D eigenvalue weighted by molar-refractivity contribution is -0.167. The number of ether oxygens (including phenoxy) is 2. The number of hydrogen-bond donors (Lipinski definition) is 0. The Morgan fingerprint density at radius 1 is 0.917 bits per heavy atom. The quantitative estimate of drug-likeness (QED) is 0.667. The Kier molecular flexibility index (Phi) is 6.56. The van der Waals surface area contributed by atoms with E-state index in [-0.39, 0.29) is 0 Å². The maximum absolute atomic E-state index is 12.9. The molecule has 0 heterocycles. The molecule has 0 spiro atoms. The van der Waals surface area contributed by atoms with E-state index in [1.807, 2.05) is 60.7 Å². The zero-order valence-corrected chi connectivity index (χ0v) is 14.7. The number of methoxy groups -OCH3 is 1. The van der Waals surface area contributed by atoms with Crippen molar-refractivity contribution in [3.05, 3.63) is 71.8 Å². The van der Waals surface area contributed by atoms with Crippen molar-refractivity contribution < 1.29 is 14.3 Å². The van der Waals surface area contributed by atoms with Gasteiger partial charge >= 0.3 is 5.97 Å². The third-order valence-electron chi connectivity index (χ3n) is 4.52. The number of rotatable bonds is 8. The van der Waals surface area contributed by atoms with E-state index in [1.165, 1.54) is 7.11 Å². The minimum Gasteiger partial charge on any atom is -0.466 e. The van der Waals surface area contributed by atoms with Crippen LogP contribution in [-0.4, -0.2) is 19.7 Å². The van der Waals surface area contributed by atoms with Gasteiger partial charge in [0, 0.05) is 0 Å². The summed E-state index contributed by atoms with van der Waals surface area (Å²) in [5.41, 5.74) is 0.336. The highest BCUT2D eigenvalue weighted by atomic mass is 16.6. The van der Waals surface area contributed by atoms with Crippen LogP contribution in [0.25, 0.3) is 0 Å². The molecule has 0 saturated carbocycles. The van der Waals surface area contributed by atoms with Crippen LogP contribution in [0.15, 0.2) is 60.7 Å². The first kappa shape index (κ1) is 18.2. The van der Waals surface area contributed by atoms with Gasteiger partial charge in [-0.15, -0.1) is 0 Å². The lowest BCUT2D eigenvalue weighted by atomic mass is 9.85. The van der Waals surface area contributed by atoms with Gasteiger partial charge in [0.25, 0.3) is 0 Å². The minimum atomic E-state index is -1.24. The molecule has 3 nitrogen and oxygen atoms in total. The van der Waals surface area contributed by atoms with Crippen LogP contribution in [0.5, 0.6) is 0 Å². The number of hydrogen-bond acceptors (Lipinski definition) is 3. The molecule has 3 heteroatoms. The summed E-state index contributed by atoms with van der Waals surface area (Å²) < 4.78 is 11.5.